The van der Waals surface area contributed by atoms with Crippen LogP contribution in [0.3, 0.4) is 0 Å². The molecule has 24 heavy (non-hydrogen) atoms. The lowest BCUT2D eigenvalue weighted by atomic mass is 10.1. The second-order valence-electron chi connectivity index (χ2n) is 5.14. The van der Waals surface area contributed by atoms with E-state index in [-0.39, 0.29) is 18.1 Å². The quantitative estimate of drug-likeness (QED) is 0.667. The molecule has 0 saturated heterocycles. The first-order valence-corrected chi connectivity index (χ1v) is 7.26. The minimum atomic E-state index is -0.168. The molecule has 0 radical (unpaired) electrons. The predicted octanol–water partition coefficient (Wildman–Crippen LogP) is 0.666. The molecule has 1 aromatic carbocycles. The van der Waals surface area contributed by atoms with E-state index in [1.54, 1.807) is 48.3 Å². The standard InChI is InChI=1S/C15H15N7O2/c1-21-9-7-16-15(21)14(24)11-2-4-12(5-3-11)18-13(23)6-8-22-10-17-19-20-22/h2-5,7,9-10H,6,8H2,1H3,(H,18,23). The van der Waals surface area contributed by atoms with Gasteiger partial charge in [0.1, 0.15) is 6.33 Å². The Labute approximate surface area is 137 Å². The van der Waals surface area contributed by atoms with Crippen LogP contribution < -0.4 is 5.32 Å². The number of nitrogens with one attached hydrogen (secondary N) is 1. The number of rotatable bonds is 6. The highest BCUT2D eigenvalue weighted by Crippen LogP contribution is 2.13. The van der Waals surface area contributed by atoms with Gasteiger partial charge in [0, 0.05) is 37.1 Å². The first-order valence-electron chi connectivity index (χ1n) is 7.26. The van der Waals surface area contributed by atoms with Gasteiger partial charge in [0.15, 0.2) is 5.82 Å². The van der Waals surface area contributed by atoms with Crippen LogP contribution in [0.4, 0.5) is 5.69 Å². The number of aryl methyl sites for hydroxylation is 2. The summed E-state index contributed by atoms with van der Waals surface area (Å²) in [6, 6.07) is 6.69. The van der Waals surface area contributed by atoms with Gasteiger partial charge in [0.25, 0.3) is 0 Å². The summed E-state index contributed by atoms with van der Waals surface area (Å²) in [5.74, 6) is 0.0426. The molecule has 0 bridgehead atoms. The lowest BCUT2D eigenvalue weighted by Gasteiger charge is -2.06. The van der Waals surface area contributed by atoms with Crippen LogP contribution in [0.15, 0.2) is 43.0 Å². The number of tetrazole rings is 1. The Morgan fingerprint density at radius 2 is 2.00 bits per heavy atom. The van der Waals surface area contributed by atoms with E-state index in [9.17, 15) is 9.59 Å². The second-order valence-corrected chi connectivity index (χ2v) is 5.14. The highest BCUT2D eigenvalue weighted by molar-refractivity contribution is 6.07. The van der Waals surface area contributed by atoms with Gasteiger partial charge < -0.3 is 9.88 Å². The zero-order valence-corrected chi connectivity index (χ0v) is 13.0. The van der Waals surface area contributed by atoms with E-state index in [0.29, 0.717) is 23.6 Å². The maximum absolute atomic E-state index is 12.3. The van der Waals surface area contributed by atoms with E-state index in [2.05, 4.69) is 25.8 Å². The first kappa shape index (κ1) is 15.5. The number of hydrogen-bond acceptors (Lipinski definition) is 6. The predicted molar refractivity (Wildman–Crippen MR) is 84.1 cm³/mol. The monoisotopic (exact) mass is 325 g/mol. The molecule has 122 valence electrons. The van der Waals surface area contributed by atoms with E-state index >= 15 is 0 Å². The lowest BCUT2D eigenvalue weighted by Crippen LogP contribution is -2.15. The van der Waals surface area contributed by atoms with Crippen LogP contribution in [0.25, 0.3) is 0 Å². The summed E-state index contributed by atoms with van der Waals surface area (Å²) < 4.78 is 3.14. The molecule has 9 nitrogen and oxygen atoms in total. The van der Waals surface area contributed by atoms with Gasteiger partial charge in [0.05, 0.1) is 6.54 Å². The van der Waals surface area contributed by atoms with Crippen LogP contribution in [0.1, 0.15) is 22.6 Å². The normalized spacial score (nSPS) is 10.5. The van der Waals surface area contributed by atoms with Crippen molar-refractivity contribution in [1.29, 1.82) is 0 Å². The van der Waals surface area contributed by atoms with Gasteiger partial charge >= 0.3 is 0 Å². The molecule has 3 aromatic rings. The Morgan fingerprint density at radius 3 is 2.62 bits per heavy atom. The van der Waals surface area contributed by atoms with Crippen molar-refractivity contribution in [2.45, 2.75) is 13.0 Å². The Bertz CT molecular complexity index is 837. The Hall–Kier alpha value is -3.36. The van der Waals surface area contributed by atoms with E-state index in [4.69, 9.17) is 0 Å². The molecular weight excluding hydrogens is 310 g/mol. The van der Waals surface area contributed by atoms with Gasteiger partial charge in [-0.1, -0.05) is 0 Å². The number of nitrogens with zero attached hydrogens (tertiary/aromatic N) is 6. The zero-order chi connectivity index (χ0) is 16.9. The second kappa shape index (κ2) is 6.82. The third kappa shape index (κ3) is 3.51. The lowest BCUT2D eigenvalue weighted by molar-refractivity contribution is -0.116. The number of carbonyl (C=O) groups is 2. The van der Waals surface area contributed by atoms with Gasteiger partial charge in [-0.2, -0.15) is 0 Å². The van der Waals surface area contributed by atoms with Crippen molar-refractivity contribution in [3.8, 4) is 0 Å². The largest absolute Gasteiger partial charge is 0.331 e. The molecule has 1 N–H and O–H groups in total. The number of benzene rings is 1. The molecule has 0 spiro atoms. The van der Waals surface area contributed by atoms with Gasteiger partial charge in [-0.05, 0) is 34.7 Å². The van der Waals surface area contributed by atoms with Crippen molar-refractivity contribution in [3.63, 3.8) is 0 Å². The summed E-state index contributed by atoms with van der Waals surface area (Å²) in [7, 11) is 1.76. The maximum atomic E-state index is 12.3. The van der Waals surface area contributed by atoms with Crippen LogP contribution in [0.2, 0.25) is 0 Å². The molecule has 0 aliphatic rings. The van der Waals surface area contributed by atoms with Crippen molar-refractivity contribution in [3.05, 3.63) is 54.4 Å². The van der Waals surface area contributed by atoms with E-state index in [1.165, 1.54) is 11.0 Å². The smallest absolute Gasteiger partial charge is 0.228 e. The van der Waals surface area contributed by atoms with E-state index < -0.39 is 0 Å². The van der Waals surface area contributed by atoms with Gasteiger partial charge in [-0.15, -0.1) is 5.10 Å². The number of hydrogen-bond donors (Lipinski definition) is 1. The summed E-state index contributed by atoms with van der Waals surface area (Å²) >= 11 is 0. The molecule has 2 aromatic heterocycles. The molecule has 0 unspecified atom stereocenters. The molecule has 2 heterocycles. The molecule has 3 rings (SSSR count). The van der Waals surface area contributed by atoms with E-state index in [0.717, 1.165) is 0 Å². The SMILES string of the molecule is Cn1ccnc1C(=O)c1ccc(NC(=O)CCn2cnnn2)cc1. The number of ketones is 1. The highest BCUT2D eigenvalue weighted by atomic mass is 16.1. The zero-order valence-electron chi connectivity index (χ0n) is 13.0. The van der Waals surface area contributed by atoms with Gasteiger partial charge in [-0.3, -0.25) is 9.59 Å². The van der Waals surface area contributed by atoms with Crippen LogP contribution in [0, 0.1) is 0 Å². The number of imidazole rings is 1. The third-order valence-corrected chi connectivity index (χ3v) is 3.41. The fourth-order valence-corrected chi connectivity index (χ4v) is 2.14. The molecule has 0 aliphatic carbocycles. The molecular formula is C15H15N7O2. The summed E-state index contributed by atoms with van der Waals surface area (Å²) in [4.78, 5) is 28.2. The topological polar surface area (TPSA) is 108 Å². The Kier molecular flexibility index (Phi) is 4.41. The molecule has 0 fully saturated rings. The van der Waals surface area contributed by atoms with Crippen molar-refractivity contribution in [2.75, 3.05) is 5.32 Å². The first-order chi connectivity index (χ1) is 11.6. The summed E-state index contributed by atoms with van der Waals surface area (Å²) in [6.45, 7) is 0.397. The summed E-state index contributed by atoms with van der Waals surface area (Å²) in [5.41, 5.74) is 1.13. The van der Waals surface area contributed by atoms with Crippen molar-refractivity contribution in [2.24, 2.45) is 7.05 Å². The maximum Gasteiger partial charge on any atom is 0.228 e. The van der Waals surface area contributed by atoms with Crippen LogP contribution in [-0.2, 0) is 18.4 Å². The minimum absolute atomic E-state index is 0.159. The fourth-order valence-electron chi connectivity index (χ4n) is 2.14. The van der Waals surface area contributed by atoms with E-state index in [1.807, 2.05) is 0 Å². The molecule has 0 aliphatic heterocycles. The van der Waals surface area contributed by atoms with Crippen LogP contribution in [-0.4, -0.2) is 41.4 Å². The summed E-state index contributed by atoms with van der Waals surface area (Å²) in [5, 5.41) is 13.5. The van der Waals surface area contributed by atoms with Crippen molar-refractivity contribution in [1.82, 2.24) is 29.8 Å². The molecule has 0 atom stereocenters. The average molecular weight is 325 g/mol. The molecule has 0 saturated carbocycles. The fraction of sp³-hybridized carbons (Fsp3) is 0.200. The number of amides is 1. The van der Waals surface area contributed by atoms with Crippen molar-refractivity contribution < 1.29 is 9.59 Å². The third-order valence-electron chi connectivity index (χ3n) is 3.41. The number of aromatic nitrogens is 6. The average Bonchev–Trinajstić information content (AvgIpc) is 3.24. The molecule has 1 amide bonds. The Balaban J connectivity index is 1.59. The van der Waals surface area contributed by atoms with Gasteiger partial charge in [-0.25, -0.2) is 9.67 Å². The Morgan fingerprint density at radius 1 is 1.21 bits per heavy atom. The van der Waals surface area contributed by atoms with Crippen LogP contribution in [0.5, 0.6) is 0 Å². The number of carbonyl (C=O) groups excluding carboxylic acids is 2. The number of anilines is 1. The van der Waals surface area contributed by atoms with Crippen molar-refractivity contribution >= 4 is 17.4 Å². The molecule has 9 heteroatoms. The summed E-state index contributed by atoms with van der Waals surface area (Å²) in [6.07, 6.45) is 4.99. The van der Waals surface area contributed by atoms with Crippen LogP contribution >= 0.6 is 0 Å². The highest BCUT2D eigenvalue weighted by Gasteiger charge is 2.13. The minimum Gasteiger partial charge on any atom is -0.331 e. The van der Waals surface area contributed by atoms with Gasteiger partial charge in [0.2, 0.25) is 11.7 Å².